The normalized spacial score (nSPS) is 24.3. The zero-order chi connectivity index (χ0) is 10.7. The van der Waals surface area contributed by atoms with Crippen LogP contribution in [-0.4, -0.2) is 22.1 Å². The van der Waals surface area contributed by atoms with Crippen molar-refractivity contribution in [3.05, 3.63) is 30.1 Å². The second-order valence-electron chi connectivity index (χ2n) is 3.69. The van der Waals surface area contributed by atoms with E-state index in [1.807, 2.05) is 18.2 Å². The predicted octanol–water partition coefficient (Wildman–Crippen LogP) is -0.0707. The van der Waals surface area contributed by atoms with Gasteiger partial charge in [0.25, 0.3) is 0 Å². The van der Waals surface area contributed by atoms with Crippen molar-refractivity contribution in [2.24, 2.45) is 11.7 Å². The lowest BCUT2D eigenvalue weighted by Crippen LogP contribution is -2.30. The van der Waals surface area contributed by atoms with Crippen LogP contribution in [0.3, 0.4) is 0 Å². The first-order valence-electron chi connectivity index (χ1n) is 4.95. The summed E-state index contributed by atoms with van der Waals surface area (Å²) in [6, 6.07) is 1.85. The molecule has 1 aromatic heterocycles. The van der Waals surface area contributed by atoms with Crippen LogP contribution in [0.5, 0.6) is 0 Å². The molecule has 0 radical (unpaired) electrons. The number of nitrogens with two attached hydrogens (primary N) is 1. The van der Waals surface area contributed by atoms with Gasteiger partial charge in [-0.25, -0.2) is 0 Å². The third kappa shape index (κ3) is 2.44. The molecule has 5 heteroatoms. The highest BCUT2D eigenvalue weighted by Gasteiger charge is 2.22. The highest BCUT2D eigenvalue weighted by molar-refractivity contribution is 5.80. The molecule has 0 saturated heterocycles. The number of hydrogen-bond donors (Lipinski definition) is 3. The first-order chi connectivity index (χ1) is 7.25. The monoisotopic (exact) mass is 206 g/mol. The van der Waals surface area contributed by atoms with Crippen LogP contribution in [0.4, 0.5) is 0 Å². The molecule has 0 fully saturated rings. The maximum atomic E-state index is 11.6. The highest BCUT2D eigenvalue weighted by Crippen LogP contribution is 2.16. The minimum absolute atomic E-state index is 0.0212. The SMILES string of the molecule is NC1C=CC(C(=O)NCc2ccn[nH]2)C1. The number of rotatable bonds is 3. The molecule has 4 N–H and O–H groups in total. The van der Waals surface area contributed by atoms with Crippen LogP contribution >= 0.6 is 0 Å². The fourth-order valence-corrected chi connectivity index (χ4v) is 1.62. The Balaban J connectivity index is 1.81. The minimum atomic E-state index is -0.0806. The molecule has 0 aliphatic heterocycles. The Morgan fingerprint density at radius 1 is 1.67 bits per heavy atom. The van der Waals surface area contributed by atoms with Crippen molar-refractivity contribution in [3.63, 3.8) is 0 Å². The summed E-state index contributed by atoms with van der Waals surface area (Å²) in [6.45, 7) is 0.485. The summed E-state index contributed by atoms with van der Waals surface area (Å²) in [5.74, 6) is -0.0586. The van der Waals surface area contributed by atoms with Gasteiger partial charge in [0, 0.05) is 12.2 Å². The Labute approximate surface area is 87.7 Å². The van der Waals surface area contributed by atoms with Crippen LogP contribution in [0.2, 0.25) is 0 Å². The Morgan fingerprint density at radius 3 is 3.13 bits per heavy atom. The summed E-state index contributed by atoms with van der Waals surface area (Å²) in [4.78, 5) is 11.6. The second-order valence-corrected chi connectivity index (χ2v) is 3.69. The van der Waals surface area contributed by atoms with Crippen LogP contribution in [0, 0.1) is 5.92 Å². The maximum Gasteiger partial charge on any atom is 0.227 e. The van der Waals surface area contributed by atoms with E-state index < -0.39 is 0 Å². The smallest absolute Gasteiger partial charge is 0.227 e. The van der Waals surface area contributed by atoms with Gasteiger partial charge in [0.2, 0.25) is 5.91 Å². The van der Waals surface area contributed by atoms with Crippen molar-refractivity contribution >= 4 is 5.91 Å². The first kappa shape index (κ1) is 9.92. The number of aromatic amines is 1. The minimum Gasteiger partial charge on any atom is -0.350 e. The Hall–Kier alpha value is -1.62. The number of aromatic nitrogens is 2. The number of nitrogens with one attached hydrogen (secondary N) is 2. The van der Waals surface area contributed by atoms with E-state index in [1.165, 1.54) is 0 Å². The Morgan fingerprint density at radius 2 is 2.53 bits per heavy atom. The van der Waals surface area contributed by atoms with Gasteiger partial charge in [-0.1, -0.05) is 12.2 Å². The zero-order valence-corrected chi connectivity index (χ0v) is 8.31. The predicted molar refractivity (Wildman–Crippen MR) is 55.7 cm³/mol. The largest absolute Gasteiger partial charge is 0.350 e. The van der Waals surface area contributed by atoms with Crippen molar-refractivity contribution in [2.45, 2.75) is 19.0 Å². The zero-order valence-electron chi connectivity index (χ0n) is 8.31. The van der Waals surface area contributed by atoms with Gasteiger partial charge in [0.15, 0.2) is 0 Å². The lowest BCUT2D eigenvalue weighted by Gasteiger charge is -2.09. The van der Waals surface area contributed by atoms with Crippen molar-refractivity contribution < 1.29 is 4.79 Å². The van der Waals surface area contributed by atoms with E-state index >= 15 is 0 Å². The van der Waals surface area contributed by atoms with Gasteiger partial charge < -0.3 is 11.1 Å². The highest BCUT2D eigenvalue weighted by atomic mass is 16.1. The Kier molecular flexibility index (Phi) is 2.82. The number of H-pyrrole nitrogens is 1. The number of amides is 1. The molecule has 15 heavy (non-hydrogen) atoms. The third-order valence-corrected chi connectivity index (χ3v) is 2.46. The van der Waals surface area contributed by atoms with Crippen LogP contribution < -0.4 is 11.1 Å². The molecule has 5 nitrogen and oxygen atoms in total. The van der Waals surface area contributed by atoms with Gasteiger partial charge >= 0.3 is 0 Å². The number of carbonyl (C=O) groups is 1. The molecular weight excluding hydrogens is 192 g/mol. The number of hydrogen-bond acceptors (Lipinski definition) is 3. The van der Waals surface area contributed by atoms with E-state index in [0.717, 1.165) is 5.69 Å². The lowest BCUT2D eigenvalue weighted by molar-refractivity contribution is -0.123. The summed E-state index contributed by atoms with van der Waals surface area (Å²) >= 11 is 0. The summed E-state index contributed by atoms with van der Waals surface area (Å²) in [5.41, 5.74) is 6.57. The van der Waals surface area contributed by atoms with Crippen molar-refractivity contribution in [2.75, 3.05) is 0 Å². The van der Waals surface area contributed by atoms with E-state index in [9.17, 15) is 4.79 Å². The number of carbonyl (C=O) groups excluding carboxylic acids is 1. The summed E-state index contributed by atoms with van der Waals surface area (Å²) < 4.78 is 0. The van der Waals surface area contributed by atoms with Crippen molar-refractivity contribution in [3.8, 4) is 0 Å². The molecular formula is C10H14N4O. The fourth-order valence-electron chi connectivity index (χ4n) is 1.62. The van der Waals surface area contributed by atoms with Gasteiger partial charge in [0.05, 0.1) is 18.2 Å². The third-order valence-electron chi connectivity index (χ3n) is 2.46. The molecule has 1 aliphatic rings. The molecule has 0 saturated carbocycles. The molecule has 0 spiro atoms. The average Bonchev–Trinajstić information content (AvgIpc) is 2.84. The van der Waals surface area contributed by atoms with Crippen molar-refractivity contribution in [1.29, 1.82) is 0 Å². The molecule has 2 unspecified atom stereocenters. The summed E-state index contributed by atoms with van der Waals surface area (Å²) in [6.07, 6.45) is 6.11. The quantitative estimate of drug-likeness (QED) is 0.605. The van der Waals surface area contributed by atoms with E-state index in [0.29, 0.717) is 13.0 Å². The van der Waals surface area contributed by atoms with Crippen LogP contribution in [0.15, 0.2) is 24.4 Å². The molecule has 1 aliphatic carbocycles. The second kappa shape index (κ2) is 4.27. The summed E-state index contributed by atoms with van der Waals surface area (Å²) in [5, 5.41) is 9.41. The molecule has 0 aromatic carbocycles. The van der Waals surface area contributed by atoms with E-state index in [-0.39, 0.29) is 17.9 Å². The standard InChI is InChI=1S/C10H14N4O/c11-8-2-1-7(5-8)10(15)12-6-9-3-4-13-14-9/h1-4,7-8H,5-6,11H2,(H,12,15)(H,13,14). The summed E-state index contributed by atoms with van der Waals surface area (Å²) in [7, 11) is 0. The average molecular weight is 206 g/mol. The molecule has 2 rings (SSSR count). The van der Waals surface area contributed by atoms with E-state index in [1.54, 1.807) is 6.20 Å². The fraction of sp³-hybridized carbons (Fsp3) is 0.400. The topological polar surface area (TPSA) is 83.8 Å². The van der Waals surface area contributed by atoms with Gasteiger partial charge in [-0.05, 0) is 12.5 Å². The van der Waals surface area contributed by atoms with Crippen LogP contribution in [0.1, 0.15) is 12.1 Å². The maximum absolute atomic E-state index is 11.6. The van der Waals surface area contributed by atoms with Gasteiger partial charge in [-0.3, -0.25) is 9.89 Å². The molecule has 1 aromatic rings. The molecule has 80 valence electrons. The first-order valence-corrected chi connectivity index (χ1v) is 4.95. The van der Waals surface area contributed by atoms with Crippen LogP contribution in [-0.2, 0) is 11.3 Å². The van der Waals surface area contributed by atoms with E-state index in [4.69, 9.17) is 5.73 Å². The lowest BCUT2D eigenvalue weighted by atomic mass is 10.1. The van der Waals surface area contributed by atoms with Gasteiger partial charge in [-0.15, -0.1) is 0 Å². The number of nitrogens with zero attached hydrogens (tertiary/aromatic N) is 1. The van der Waals surface area contributed by atoms with Crippen LogP contribution in [0.25, 0.3) is 0 Å². The van der Waals surface area contributed by atoms with Gasteiger partial charge in [0.1, 0.15) is 0 Å². The molecule has 0 bridgehead atoms. The van der Waals surface area contributed by atoms with E-state index in [2.05, 4.69) is 15.5 Å². The van der Waals surface area contributed by atoms with Gasteiger partial charge in [-0.2, -0.15) is 5.10 Å². The Bertz CT molecular complexity index is 358. The molecule has 1 amide bonds. The molecule has 2 atom stereocenters. The molecule has 1 heterocycles. The van der Waals surface area contributed by atoms with Crippen molar-refractivity contribution in [1.82, 2.24) is 15.5 Å².